The van der Waals surface area contributed by atoms with Crippen molar-refractivity contribution >= 4 is 33.6 Å². The van der Waals surface area contributed by atoms with E-state index in [0.717, 1.165) is 17.0 Å². The molecule has 4 heterocycles. The molecule has 0 aliphatic rings. The van der Waals surface area contributed by atoms with E-state index >= 15 is 0 Å². The molecule has 0 saturated heterocycles. The van der Waals surface area contributed by atoms with Gasteiger partial charge < -0.3 is 0 Å². The molecule has 0 aliphatic heterocycles. The number of benzene rings is 1. The van der Waals surface area contributed by atoms with Crippen LogP contribution in [-0.2, 0) is 0 Å². The number of H-pyrrole nitrogens is 1. The average Bonchev–Trinajstić information content (AvgIpc) is 3.22. The summed E-state index contributed by atoms with van der Waals surface area (Å²) in [7, 11) is 0. The van der Waals surface area contributed by atoms with E-state index in [0.29, 0.717) is 32.9 Å². The Morgan fingerprint density at radius 1 is 0.935 bits per heavy atom. The van der Waals surface area contributed by atoms with Gasteiger partial charge >= 0.3 is 0 Å². The van der Waals surface area contributed by atoms with Gasteiger partial charge in [0.1, 0.15) is 0 Å². The second-order valence-corrected chi connectivity index (χ2v) is 8.28. The minimum Gasteiger partial charge on any atom is -0.284 e. The zero-order chi connectivity index (χ0) is 21.5. The molecule has 0 aliphatic carbocycles. The van der Waals surface area contributed by atoms with E-state index in [-0.39, 0.29) is 11.1 Å². The quantitative estimate of drug-likeness (QED) is 0.347. The lowest BCUT2D eigenvalue weighted by molar-refractivity contribution is 0.901. The van der Waals surface area contributed by atoms with Crippen LogP contribution < -0.4 is 11.1 Å². The van der Waals surface area contributed by atoms with Gasteiger partial charge in [-0.2, -0.15) is 4.98 Å². The first-order valence-electron chi connectivity index (χ1n) is 9.75. The highest BCUT2D eigenvalue weighted by Gasteiger charge is 2.13. The lowest BCUT2D eigenvalue weighted by Crippen LogP contribution is -2.21. The predicted octanol–water partition coefficient (Wildman–Crippen LogP) is 3.23. The smallest absolute Gasteiger partial charge is 0.266 e. The van der Waals surface area contributed by atoms with Crippen LogP contribution in [0.2, 0.25) is 0 Å². The van der Waals surface area contributed by atoms with Crippen molar-refractivity contribution in [3.8, 4) is 11.6 Å². The van der Waals surface area contributed by atoms with Gasteiger partial charge in [0.15, 0.2) is 0 Å². The molecule has 0 unspecified atom stereocenters. The maximum Gasteiger partial charge on any atom is 0.266 e. The second kappa shape index (κ2) is 7.51. The molecule has 0 spiro atoms. The molecule has 154 valence electrons. The van der Waals surface area contributed by atoms with Gasteiger partial charge in [0.2, 0.25) is 11.1 Å². The van der Waals surface area contributed by atoms with E-state index in [1.165, 1.54) is 16.3 Å². The first-order valence-corrected chi connectivity index (χ1v) is 10.7. The molecular weight excluding hydrogens is 412 g/mol. The zero-order valence-electron chi connectivity index (χ0n) is 16.9. The van der Waals surface area contributed by atoms with Gasteiger partial charge in [0.25, 0.3) is 11.1 Å². The maximum atomic E-state index is 13.2. The topological polar surface area (TPSA) is 98.5 Å². The Kier molecular flexibility index (Phi) is 4.67. The van der Waals surface area contributed by atoms with E-state index in [2.05, 4.69) is 20.2 Å². The van der Waals surface area contributed by atoms with Gasteiger partial charge in [-0.05, 0) is 48.6 Å². The molecule has 0 atom stereocenters. The summed E-state index contributed by atoms with van der Waals surface area (Å²) in [5.74, 6) is 1.15. The van der Waals surface area contributed by atoms with Crippen molar-refractivity contribution in [2.75, 3.05) is 5.75 Å². The number of fused-ring (bicyclic) bond motifs is 2. The molecule has 5 rings (SSSR count). The number of pyridine rings is 3. The van der Waals surface area contributed by atoms with Crippen molar-refractivity contribution in [3.05, 3.63) is 81.1 Å². The van der Waals surface area contributed by atoms with Crippen molar-refractivity contribution in [2.24, 2.45) is 0 Å². The van der Waals surface area contributed by atoms with Gasteiger partial charge in [-0.25, -0.2) is 10.1 Å². The standard InChI is InChI=1S/C22H18N6O2S/c1-3-31-22-24-21(25-26-22)28-10-8-18-16(20(28)30)12-15-17(23-18)7-9-27(19(15)29)14-6-4-5-13(2)11-14/h4-12H,3H2,1-2H3,(H,24,25,26). The van der Waals surface area contributed by atoms with Crippen LogP contribution in [0.25, 0.3) is 33.4 Å². The normalized spacial score (nSPS) is 11.4. The Bertz CT molecular complexity index is 1570. The van der Waals surface area contributed by atoms with E-state index in [1.807, 2.05) is 38.1 Å². The number of aromatic nitrogens is 6. The van der Waals surface area contributed by atoms with Crippen molar-refractivity contribution in [2.45, 2.75) is 19.0 Å². The largest absolute Gasteiger partial charge is 0.284 e. The number of aromatic amines is 1. The number of thioether (sulfide) groups is 1. The third-order valence-electron chi connectivity index (χ3n) is 4.98. The molecule has 31 heavy (non-hydrogen) atoms. The summed E-state index contributed by atoms with van der Waals surface area (Å²) in [6.45, 7) is 3.98. The molecule has 0 fully saturated rings. The molecule has 0 saturated carbocycles. The Morgan fingerprint density at radius 2 is 1.65 bits per heavy atom. The summed E-state index contributed by atoms with van der Waals surface area (Å²) < 4.78 is 2.94. The lowest BCUT2D eigenvalue weighted by Gasteiger charge is -2.09. The molecule has 1 aromatic carbocycles. The SMILES string of the molecule is CCSc1n[nH]c(-n2ccc3nc4ccn(-c5cccc(C)c5)c(=O)c4cc3c2=O)n1. The number of rotatable bonds is 4. The Morgan fingerprint density at radius 3 is 2.35 bits per heavy atom. The summed E-state index contributed by atoms with van der Waals surface area (Å²) in [5, 5.41) is 8.20. The Labute approximate surface area is 180 Å². The highest BCUT2D eigenvalue weighted by molar-refractivity contribution is 7.99. The Hall–Kier alpha value is -3.72. The number of nitrogens with zero attached hydrogens (tertiary/aromatic N) is 5. The molecule has 1 N–H and O–H groups in total. The van der Waals surface area contributed by atoms with E-state index in [1.54, 1.807) is 35.2 Å². The summed E-state index contributed by atoms with van der Waals surface area (Å²) in [6.07, 6.45) is 3.32. The third kappa shape index (κ3) is 3.32. The molecule has 0 bridgehead atoms. The van der Waals surface area contributed by atoms with Gasteiger partial charge in [-0.3, -0.25) is 18.7 Å². The van der Waals surface area contributed by atoms with Gasteiger partial charge in [0.05, 0.1) is 21.8 Å². The van der Waals surface area contributed by atoms with Crippen LogP contribution in [0.15, 0.2) is 69.6 Å². The van der Waals surface area contributed by atoms with Crippen LogP contribution in [0.4, 0.5) is 0 Å². The predicted molar refractivity (Wildman–Crippen MR) is 122 cm³/mol. The zero-order valence-corrected chi connectivity index (χ0v) is 17.7. The summed E-state index contributed by atoms with van der Waals surface area (Å²) >= 11 is 1.48. The van der Waals surface area contributed by atoms with Gasteiger partial charge in [-0.1, -0.05) is 30.8 Å². The Balaban J connectivity index is 1.71. The number of nitrogens with one attached hydrogen (secondary N) is 1. The van der Waals surface area contributed by atoms with Crippen LogP contribution in [0.1, 0.15) is 12.5 Å². The first kappa shape index (κ1) is 19.3. The molecule has 5 aromatic rings. The van der Waals surface area contributed by atoms with Crippen molar-refractivity contribution in [3.63, 3.8) is 0 Å². The van der Waals surface area contributed by atoms with Crippen molar-refractivity contribution in [1.29, 1.82) is 0 Å². The van der Waals surface area contributed by atoms with Crippen molar-refractivity contribution < 1.29 is 0 Å². The number of aryl methyl sites for hydroxylation is 1. The summed E-state index contributed by atoms with van der Waals surface area (Å²) in [4.78, 5) is 35.3. The molecule has 0 radical (unpaired) electrons. The monoisotopic (exact) mass is 430 g/mol. The van der Waals surface area contributed by atoms with Gasteiger partial charge in [0, 0.05) is 18.1 Å². The minimum absolute atomic E-state index is 0.228. The van der Waals surface area contributed by atoms with Crippen LogP contribution >= 0.6 is 11.8 Å². The van der Waals surface area contributed by atoms with Crippen LogP contribution in [0.3, 0.4) is 0 Å². The summed E-state index contributed by atoms with van der Waals surface area (Å²) in [6, 6.07) is 12.8. The fourth-order valence-corrected chi connectivity index (χ4v) is 4.03. The molecular formula is C22H18N6O2S. The average molecular weight is 430 g/mol. The molecule has 0 amide bonds. The maximum absolute atomic E-state index is 13.2. The van der Waals surface area contributed by atoms with Crippen LogP contribution in [0.5, 0.6) is 0 Å². The molecule has 4 aromatic heterocycles. The second-order valence-electron chi connectivity index (χ2n) is 7.05. The van der Waals surface area contributed by atoms with Crippen molar-refractivity contribution in [1.82, 2.24) is 29.3 Å². The van der Waals surface area contributed by atoms with Crippen LogP contribution in [0, 0.1) is 6.92 Å². The molecule has 9 heteroatoms. The van der Waals surface area contributed by atoms with Crippen LogP contribution in [-0.4, -0.2) is 35.1 Å². The van der Waals surface area contributed by atoms with Gasteiger partial charge in [-0.15, -0.1) is 5.10 Å². The minimum atomic E-state index is -0.318. The number of hydrogen-bond acceptors (Lipinski definition) is 6. The summed E-state index contributed by atoms with van der Waals surface area (Å²) in [5.41, 5.74) is 2.33. The highest BCUT2D eigenvalue weighted by Crippen LogP contribution is 2.17. The molecule has 8 nitrogen and oxygen atoms in total. The van der Waals surface area contributed by atoms with E-state index in [9.17, 15) is 9.59 Å². The van der Waals surface area contributed by atoms with E-state index in [4.69, 9.17) is 0 Å². The fraction of sp³-hybridized carbons (Fsp3) is 0.136. The lowest BCUT2D eigenvalue weighted by atomic mass is 10.1. The van der Waals surface area contributed by atoms with E-state index < -0.39 is 0 Å². The highest BCUT2D eigenvalue weighted by atomic mass is 32.2. The third-order valence-corrected chi connectivity index (χ3v) is 5.71. The number of hydrogen-bond donors (Lipinski definition) is 1. The fourth-order valence-electron chi connectivity index (χ4n) is 3.51. The first-order chi connectivity index (χ1) is 15.0.